The highest BCUT2D eigenvalue weighted by molar-refractivity contribution is 5.92. The molecule has 8 nitrogen and oxygen atoms in total. The minimum absolute atomic E-state index is 0.0289. The summed E-state index contributed by atoms with van der Waals surface area (Å²) < 4.78 is 2.06. The van der Waals surface area contributed by atoms with E-state index in [0.717, 1.165) is 25.1 Å². The van der Waals surface area contributed by atoms with Crippen LogP contribution in [-0.2, 0) is 0 Å². The van der Waals surface area contributed by atoms with Gasteiger partial charge in [0.25, 0.3) is 5.91 Å². The van der Waals surface area contributed by atoms with E-state index < -0.39 is 6.10 Å². The summed E-state index contributed by atoms with van der Waals surface area (Å²) >= 11 is 0. The number of H-pyrrole nitrogens is 1. The molecule has 2 aliphatic carbocycles. The Morgan fingerprint density at radius 2 is 2.23 bits per heavy atom. The summed E-state index contributed by atoms with van der Waals surface area (Å²) in [6, 6.07) is 4.25. The molecule has 1 amide bonds. The fraction of sp³-hybridized carbons (Fsp3) is 0.611. The first kappa shape index (κ1) is 17.1. The van der Waals surface area contributed by atoms with Crippen LogP contribution in [0.3, 0.4) is 0 Å². The van der Waals surface area contributed by atoms with Crippen LogP contribution in [0.5, 0.6) is 0 Å². The van der Waals surface area contributed by atoms with E-state index in [1.807, 2.05) is 37.3 Å². The van der Waals surface area contributed by atoms with Crippen molar-refractivity contribution in [3.8, 4) is 0 Å². The molecule has 0 saturated heterocycles. The highest BCUT2D eigenvalue weighted by Crippen LogP contribution is 2.38. The average Bonchev–Trinajstić information content (AvgIpc) is 3.04. The van der Waals surface area contributed by atoms with Gasteiger partial charge >= 0.3 is 0 Å². The van der Waals surface area contributed by atoms with Gasteiger partial charge in [0.05, 0.1) is 6.10 Å². The highest BCUT2D eigenvalue weighted by Gasteiger charge is 2.36. The number of carbonyl (C=O) groups is 1. The second kappa shape index (κ2) is 6.75. The van der Waals surface area contributed by atoms with E-state index in [1.165, 1.54) is 0 Å². The Morgan fingerprint density at radius 3 is 2.92 bits per heavy atom. The number of aliphatic hydroxyl groups is 1. The van der Waals surface area contributed by atoms with Gasteiger partial charge in [-0.15, -0.1) is 5.10 Å². The maximum atomic E-state index is 12.5. The van der Waals surface area contributed by atoms with Crippen molar-refractivity contribution < 1.29 is 9.90 Å². The predicted octanol–water partition coefficient (Wildman–Crippen LogP) is 1.29. The van der Waals surface area contributed by atoms with Crippen LogP contribution in [-0.4, -0.2) is 57.5 Å². The average molecular weight is 358 g/mol. The molecule has 2 saturated carbocycles. The number of hydrogen-bond donors (Lipinski definition) is 3. The molecule has 0 spiro atoms. The summed E-state index contributed by atoms with van der Waals surface area (Å²) in [5.41, 5.74) is 0.711. The van der Waals surface area contributed by atoms with E-state index in [0.29, 0.717) is 30.6 Å². The van der Waals surface area contributed by atoms with E-state index in [1.54, 1.807) is 0 Å². The molecule has 3 N–H and O–H groups in total. The standard InChI is InChI=1S/C18H26N6O2/c1-23(2)18-20-16(21-22-18)11-8-12(15(25)9-11)10-19-17(26)14-4-3-7-24(14)13-5-6-13/h3-4,7,11-13,15,25H,5-6,8-10H2,1-2H3,(H,19,26)(H,20,21,22)/t11-,12+,15+/m0/s1. The molecule has 140 valence electrons. The van der Waals surface area contributed by atoms with Gasteiger partial charge in [-0.25, -0.2) is 0 Å². The van der Waals surface area contributed by atoms with Crippen molar-refractivity contribution >= 4 is 11.9 Å². The molecule has 0 unspecified atom stereocenters. The van der Waals surface area contributed by atoms with Crippen LogP contribution < -0.4 is 10.2 Å². The fourth-order valence-corrected chi connectivity index (χ4v) is 3.76. The number of nitrogens with one attached hydrogen (secondary N) is 2. The molecular formula is C18H26N6O2. The molecule has 0 aliphatic heterocycles. The van der Waals surface area contributed by atoms with Crippen LogP contribution in [0, 0.1) is 5.92 Å². The van der Waals surface area contributed by atoms with Gasteiger partial charge in [0.1, 0.15) is 11.5 Å². The summed E-state index contributed by atoms with van der Waals surface area (Å²) in [7, 11) is 3.79. The maximum Gasteiger partial charge on any atom is 0.267 e. The van der Waals surface area contributed by atoms with Gasteiger partial charge in [-0.3, -0.25) is 9.89 Å². The third-order valence-electron chi connectivity index (χ3n) is 5.41. The van der Waals surface area contributed by atoms with E-state index in [2.05, 4.69) is 25.1 Å². The predicted molar refractivity (Wildman–Crippen MR) is 97.2 cm³/mol. The molecule has 0 radical (unpaired) electrons. The smallest absolute Gasteiger partial charge is 0.267 e. The lowest BCUT2D eigenvalue weighted by Gasteiger charge is -2.15. The minimum atomic E-state index is -0.441. The molecule has 2 heterocycles. The first-order chi connectivity index (χ1) is 12.5. The quantitative estimate of drug-likeness (QED) is 0.723. The fourth-order valence-electron chi connectivity index (χ4n) is 3.76. The first-order valence-electron chi connectivity index (χ1n) is 9.25. The number of amides is 1. The van der Waals surface area contributed by atoms with Crippen LogP contribution in [0.4, 0.5) is 5.95 Å². The lowest BCUT2D eigenvalue weighted by molar-refractivity contribution is 0.0907. The SMILES string of the molecule is CN(C)c1n[nH]c([C@H]2C[C@H](CNC(=O)c3cccn3C3CC3)[C@H](O)C2)n1. The number of nitrogens with zero attached hydrogens (tertiary/aromatic N) is 4. The highest BCUT2D eigenvalue weighted by atomic mass is 16.3. The number of aromatic amines is 1. The zero-order valence-corrected chi connectivity index (χ0v) is 15.2. The van der Waals surface area contributed by atoms with Crippen molar-refractivity contribution in [3.05, 3.63) is 29.8 Å². The summed E-state index contributed by atoms with van der Waals surface area (Å²) in [6.07, 6.45) is 5.24. The molecule has 0 bridgehead atoms. The third kappa shape index (κ3) is 3.33. The number of hydrogen-bond acceptors (Lipinski definition) is 5. The van der Waals surface area contributed by atoms with Gasteiger partial charge in [-0.1, -0.05) is 0 Å². The third-order valence-corrected chi connectivity index (χ3v) is 5.41. The molecule has 0 aromatic carbocycles. The topological polar surface area (TPSA) is 99.1 Å². The Bertz CT molecular complexity index is 778. The van der Waals surface area contributed by atoms with Crippen LogP contribution in [0.1, 0.15) is 54.0 Å². The number of carbonyl (C=O) groups excluding carboxylic acids is 1. The van der Waals surface area contributed by atoms with Gasteiger partial charge in [0.15, 0.2) is 0 Å². The zero-order chi connectivity index (χ0) is 18.3. The molecule has 2 fully saturated rings. The minimum Gasteiger partial charge on any atom is -0.393 e. The summed E-state index contributed by atoms with van der Waals surface area (Å²) in [5, 5.41) is 20.6. The Balaban J connectivity index is 1.34. The number of anilines is 1. The van der Waals surface area contributed by atoms with Gasteiger partial charge in [-0.05, 0) is 37.8 Å². The normalized spacial score (nSPS) is 25.4. The molecule has 3 atom stereocenters. The molecular weight excluding hydrogens is 332 g/mol. The largest absolute Gasteiger partial charge is 0.393 e. The van der Waals surface area contributed by atoms with Crippen molar-refractivity contribution in [1.82, 2.24) is 25.1 Å². The Hall–Kier alpha value is -2.35. The lowest BCUT2D eigenvalue weighted by Crippen LogP contribution is -2.33. The van der Waals surface area contributed by atoms with Gasteiger partial charge < -0.3 is 19.9 Å². The maximum absolute atomic E-state index is 12.5. The molecule has 26 heavy (non-hydrogen) atoms. The van der Waals surface area contributed by atoms with E-state index in [9.17, 15) is 9.90 Å². The van der Waals surface area contributed by atoms with Crippen molar-refractivity contribution in [3.63, 3.8) is 0 Å². The van der Waals surface area contributed by atoms with Gasteiger partial charge in [0.2, 0.25) is 5.95 Å². The van der Waals surface area contributed by atoms with Crippen LogP contribution in [0.25, 0.3) is 0 Å². The Kier molecular flexibility index (Phi) is 4.44. The van der Waals surface area contributed by atoms with E-state index >= 15 is 0 Å². The van der Waals surface area contributed by atoms with Crippen LogP contribution in [0.15, 0.2) is 18.3 Å². The monoisotopic (exact) mass is 358 g/mol. The summed E-state index contributed by atoms with van der Waals surface area (Å²) in [5.74, 6) is 1.56. The van der Waals surface area contributed by atoms with Crippen LogP contribution >= 0.6 is 0 Å². The number of aromatic nitrogens is 4. The van der Waals surface area contributed by atoms with Crippen LogP contribution in [0.2, 0.25) is 0 Å². The van der Waals surface area contributed by atoms with Crippen molar-refractivity contribution in [2.24, 2.45) is 5.92 Å². The summed E-state index contributed by atoms with van der Waals surface area (Å²) in [4.78, 5) is 18.8. The van der Waals surface area contributed by atoms with E-state index in [-0.39, 0.29) is 17.7 Å². The second-order valence-electron chi connectivity index (χ2n) is 7.65. The molecule has 2 aromatic heterocycles. The Morgan fingerprint density at radius 1 is 1.42 bits per heavy atom. The number of aliphatic hydroxyl groups excluding tert-OH is 1. The first-order valence-corrected chi connectivity index (χ1v) is 9.25. The van der Waals surface area contributed by atoms with Gasteiger partial charge in [0, 0.05) is 44.7 Å². The molecule has 2 aliphatic rings. The van der Waals surface area contributed by atoms with E-state index in [4.69, 9.17) is 0 Å². The van der Waals surface area contributed by atoms with Crippen molar-refractivity contribution in [2.45, 2.75) is 43.7 Å². The van der Waals surface area contributed by atoms with Crippen molar-refractivity contribution in [2.75, 3.05) is 25.5 Å². The van der Waals surface area contributed by atoms with Crippen molar-refractivity contribution in [1.29, 1.82) is 0 Å². The lowest BCUT2D eigenvalue weighted by atomic mass is 10.0. The molecule has 8 heteroatoms. The number of rotatable bonds is 6. The summed E-state index contributed by atoms with van der Waals surface area (Å²) in [6.45, 7) is 0.473. The molecule has 4 rings (SSSR count). The Labute approximate surface area is 152 Å². The molecule has 2 aromatic rings. The zero-order valence-electron chi connectivity index (χ0n) is 15.2. The van der Waals surface area contributed by atoms with Gasteiger partial charge in [-0.2, -0.15) is 4.98 Å². The second-order valence-corrected chi connectivity index (χ2v) is 7.65.